The quantitative estimate of drug-likeness (QED) is 0.469. The molecule has 0 unspecified atom stereocenters. The van der Waals surface area contributed by atoms with E-state index in [9.17, 15) is 14.9 Å². The van der Waals surface area contributed by atoms with Crippen LogP contribution in [0.15, 0.2) is 48.5 Å². The molecule has 1 amide bonds. The summed E-state index contributed by atoms with van der Waals surface area (Å²) in [7, 11) is 2.97. The highest BCUT2D eigenvalue weighted by molar-refractivity contribution is 5.78. The molecule has 0 aliphatic carbocycles. The second-order valence-corrected chi connectivity index (χ2v) is 5.67. The minimum Gasteiger partial charge on any atom is -0.496 e. The maximum Gasteiger partial charge on any atom is 0.314 e. The molecule has 0 saturated carbocycles. The highest BCUT2D eigenvalue weighted by Crippen LogP contribution is 2.31. The van der Waals surface area contributed by atoms with Gasteiger partial charge in [0.15, 0.2) is 12.4 Å². The van der Waals surface area contributed by atoms with E-state index >= 15 is 0 Å². The van der Waals surface area contributed by atoms with Crippen LogP contribution in [0.25, 0.3) is 0 Å². The fourth-order valence-electron chi connectivity index (χ4n) is 2.42. The van der Waals surface area contributed by atoms with Crippen molar-refractivity contribution in [1.82, 2.24) is 4.90 Å². The minimum atomic E-state index is -0.574. The molecule has 0 atom stereocenters. The van der Waals surface area contributed by atoms with Crippen molar-refractivity contribution in [3.8, 4) is 11.5 Å². The molecule has 0 aromatic heterocycles. The molecule has 8 nitrogen and oxygen atoms in total. The van der Waals surface area contributed by atoms with Crippen molar-refractivity contribution >= 4 is 11.6 Å². The Bertz CT molecular complexity index is 766. The topological polar surface area (TPSA) is 91.1 Å². The van der Waals surface area contributed by atoms with Crippen molar-refractivity contribution in [3.05, 3.63) is 64.2 Å². The summed E-state index contributed by atoms with van der Waals surface area (Å²) in [5, 5.41) is 11.2. The number of nitrogens with zero attached hydrogens (tertiary/aromatic N) is 2. The van der Waals surface area contributed by atoms with Gasteiger partial charge in [0.1, 0.15) is 5.75 Å². The maximum absolute atomic E-state index is 12.6. The number of amides is 1. The number of hydrogen-bond donors (Lipinski definition) is 0. The van der Waals surface area contributed by atoms with Crippen molar-refractivity contribution in [2.24, 2.45) is 0 Å². The van der Waals surface area contributed by atoms with E-state index in [0.717, 1.165) is 5.56 Å². The number of benzene rings is 2. The van der Waals surface area contributed by atoms with Crippen LogP contribution in [0, 0.1) is 10.1 Å². The summed E-state index contributed by atoms with van der Waals surface area (Å²) >= 11 is 0. The van der Waals surface area contributed by atoms with E-state index in [-0.39, 0.29) is 24.0 Å². The van der Waals surface area contributed by atoms with Crippen molar-refractivity contribution in [2.75, 3.05) is 34.0 Å². The normalized spacial score (nSPS) is 10.3. The Hall–Kier alpha value is -3.13. The Morgan fingerprint density at radius 2 is 1.89 bits per heavy atom. The van der Waals surface area contributed by atoms with Crippen molar-refractivity contribution in [3.63, 3.8) is 0 Å². The molecule has 0 heterocycles. The highest BCUT2D eigenvalue weighted by Gasteiger charge is 2.20. The number of carbonyl (C=O) groups is 1. The monoisotopic (exact) mass is 374 g/mol. The van der Waals surface area contributed by atoms with Crippen LogP contribution in [0.1, 0.15) is 5.56 Å². The summed E-state index contributed by atoms with van der Waals surface area (Å²) in [5.41, 5.74) is 0.714. The molecule has 144 valence electrons. The molecule has 0 aliphatic heterocycles. The fourth-order valence-corrected chi connectivity index (χ4v) is 2.42. The number of nitro benzene ring substituents is 1. The fraction of sp³-hybridized carbons (Fsp3) is 0.316. The molecule has 0 bridgehead atoms. The lowest BCUT2D eigenvalue weighted by Gasteiger charge is -2.22. The summed E-state index contributed by atoms with van der Waals surface area (Å²) in [6.45, 7) is 0.848. The first-order valence-corrected chi connectivity index (χ1v) is 8.31. The zero-order chi connectivity index (χ0) is 19.6. The minimum absolute atomic E-state index is 0.0144. The van der Waals surface area contributed by atoms with Gasteiger partial charge < -0.3 is 19.1 Å². The largest absolute Gasteiger partial charge is 0.496 e. The van der Waals surface area contributed by atoms with Crippen LogP contribution in [0.5, 0.6) is 11.5 Å². The average molecular weight is 374 g/mol. The van der Waals surface area contributed by atoms with Crippen LogP contribution in [-0.2, 0) is 16.1 Å². The second kappa shape index (κ2) is 10.1. The van der Waals surface area contributed by atoms with Gasteiger partial charge in [-0.05, 0) is 17.7 Å². The van der Waals surface area contributed by atoms with Crippen molar-refractivity contribution in [2.45, 2.75) is 6.54 Å². The average Bonchev–Trinajstić information content (AvgIpc) is 2.69. The first-order chi connectivity index (χ1) is 13.0. The molecular weight excluding hydrogens is 352 g/mol. The Labute approximate surface area is 157 Å². The maximum atomic E-state index is 12.6. The smallest absolute Gasteiger partial charge is 0.314 e. The van der Waals surface area contributed by atoms with Crippen LogP contribution in [0.3, 0.4) is 0 Å². The molecule has 2 aromatic carbocycles. The first-order valence-electron chi connectivity index (χ1n) is 8.31. The van der Waals surface area contributed by atoms with E-state index in [2.05, 4.69) is 0 Å². The van der Waals surface area contributed by atoms with E-state index in [1.807, 2.05) is 30.3 Å². The van der Waals surface area contributed by atoms with E-state index in [4.69, 9.17) is 14.2 Å². The summed E-state index contributed by atoms with van der Waals surface area (Å²) in [5.74, 6) is 0.0627. The molecule has 0 aliphatic rings. The lowest BCUT2D eigenvalue weighted by atomic mass is 10.2. The Morgan fingerprint density at radius 1 is 1.15 bits per heavy atom. The van der Waals surface area contributed by atoms with Gasteiger partial charge in [0.05, 0.1) is 24.7 Å². The first kappa shape index (κ1) is 20.2. The summed E-state index contributed by atoms with van der Waals surface area (Å²) < 4.78 is 15.5. The number of rotatable bonds is 10. The van der Waals surface area contributed by atoms with Crippen LogP contribution >= 0.6 is 0 Å². The molecule has 8 heteroatoms. The van der Waals surface area contributed by atoms with E-state index in [1.165, 1.54) is 19.2 Å². The molecule has 0 fully saturated rings. The summed E-state index contributed by atoms with van der Waals surface area (Å²) in [4.78, 5) is 24.8. The van der Waals surface area contributed by atoms with Gasteiger partial charge in [-0.1, -0.05) is 30.3 Å². The predicted molar refractivity (Wildman–Crippen MR) is 98.9 cm³/mol. The Kier molecular flexibility index (Phi) is 7.57. The zero-order valence-electron chi connectivity index (χ0n) is 15.3. The third kappa shape index (κ3) is 5.96. The van der Waals surface area contributed by atoms with Gasteiger partial charge in [-0.3, -0.25) is 14.9 Å². The van der Waals surface area contributed by atoms with Gasteiger partial charge in [-0.15, -0.1) is 0 Å². The molecule has 0 radical (unpaired) electrons. The van der Waals surface area contributed by atoms with E-state index in [1.54, 1.807) is 18.1 Å². The van der Waals surface area contributed by atoms with Gasteiger partial charge in [-0.2, -0.15) is 0 Å². The van der Waals surface area contributed by atoms with Crippen molar-refractivity contribution in [1.29, 1.82) is 0 Å². The molecular formula is C19H22N2O6. The van der Waals surface area contributed by atoms with Crippen LogP contribution in [0.4, 0.5) is 5.69 Å². The van der Waals surface area contributed by atoms with E-state index < -0.39 is 4.92 Å². The SMILES string of the molecule is COCCN(Cc1ccccc1)C(=O)COc1ccc(OC)cc1[N+](=O)[O-]. The molecule has 0 saturated heterocycles. The lowest BCUT2D eigenvalue weighted by Crippen LogP contribution is -2.36. The van der Waals surface area contributed by atoms with Gasteiger partial charge >= 0.3 is 5.69 Å². The number of methoxy groups -OCH3 is 2. The molecule has 0 N–H and O–H groups in total. The van der Waals surface area contributed by atoms with Crippen LogP contribution in [0.2, 0.25) is 0 Å². The van der Waals surface area contributed by atoms with Crippen molar-refractivity contribution < 1.29 is 23.9 Å². The highest BCUT2D eigenvalue weighted by atomic mass is 16.6. The van der Waals surface area contributed by atoms with Crippen LogP contribution in [-0.4, -0.2) is 49.7 Å². The zero-order valence-corrected chi connectivity index (χ0v) is 15.3. The third-order valence-electron chi connectivity index (χ3n) is 3.85. The molecule has 2 rings (SSSR count). The van der Waals surface area contributed by atoms with E-state index in [0.29, 0.717) is 25.4 Å². The number of nitro groups is 1. The molecule has 2 aromatic rings. The number of ether oxygens (including phenoxy) is 3. The molecule has 0 spiro atoms. The standard InChI is InChI=1S/C19H22N2O6/c1-25-11-10-20(13-15-6-4-3-5-7-15)19(22)14-27-18-9-8-16(26-2)12-17(18)21(23)24/h3-9,12H,10-11,13-14H2,1-2H3. The second-order valence-electron chi connectivity index (χ2n) is 5.67. The van der Waals surface area contributed by atoms with Gasteiger partial charge in [0, 0.05) is 20.2 Å². The lowest BCUT2D eigenvalue weighted by molar-refractivity contribution is -0.385. The number of hydrogen-bond acceptors (Lipinski definition) is 6. The molecule has 27 heavy (non-hydrogen) atoms. The van der Waals surface area contributed by atoms with Gasteiger partial charge in [-0.25, -0.2) is 0 Å². The third-order valence-corrected chi connectivity index (χ3v) is 3.85. The number of carbonyl (C=O) groups excluding carboxylic acids is 1. The predicted octanol–water partition coefficient (Wildman–Crippen LogP) is 2.66. The van der Waals surface area contributed by atoms with Gasteiger partial charge in [0.25, 0.3) is 5.91 Å². The van der Waals surface area contributed by atoms with Crippen LogP contribution < -0.4 is 9.47 Å². The Morgan fingerprint density at radius 3 is 2.52 bits per heavy atom. The summed E-state index contributed by atoms with van der Waals surface area (Å²) in [6, 6.07) is 13.7. The Balaban J connectivity index is 2.07. The summed E-state index contributed by atoms with van der Waals surface area (Å²) in [6.07, 6.45) is 0. The van der Waals surface area contributed by atoms with Gasteiger partial charge in [0.2, 0.25) is 0 Å².